The second kappa shape index (κ2) is 61.2. The first-order valence-corrected chi connectivity index (χ1v) is 44.8. The lowest BCUT2D eigenvalue weighted by atomic mass is 9.98. The van der Waals surface area contributed by atoms with Crippen LogP contribution in [0.2, 0.25) is 0 Å². The van der Waals surface area contributed by atoms with Crippen LogP contribution in [0.4, 0.5) is 0 Å². The molecule has 0 saturated carbocycles. The summed E-state index contributed by atoms with van der Waals surface area (Å²) >= 11 is 0. The van der Waals surface area contributed by atoms with E-state index < -0.39 is 173 Å². The maximum Gasteiger partial charge on any atom is 0.245 e. The standard InChI is InChI=1S/C85H161N21O15/c1-50(2)43-64(78(114)94-58(72(92)108)29-16-22-36-86)102-82(118)69(48-55(11)12)101-76(112)63(34-21-27-41-91)98-84(120)71-35-28-42-106(71)85(121)70(49-56(13)14)105-77(113)62(33-20-26-40-90)95-74(110)60(31-18-24-38-88)96-79(115)65(44-51(3)4)104-83(119)68(47-54(9)10)100-75(111)61(32-19-25-39-89)97-80(116)66(45-52(5)6)103-81(117)67(46-53(7)8)99-73(109)59(93-57(15)107)30-17-23-37-87/h50-56,58-71H,16-49,86-91H2,1-15H3,(H2,92,108)(H,93,107)(H,94,114)(H,95,110)(H,96,115)(H,97,116)(H,98,120)(H,99,109)(H,100,111)(H,101,112)(H,102,118)(H,103,117)(H,104,119)(H,105,113)/t58-,59-,60-,61-,62-,63-,64-,65-,66-,67-,68-,69-,70-,71-/m0/s1. The molecule has 0 aliphatic carbocycles. The summed E-state index contributed by atoms with van der Waals surface area (Å²) in [6, 6.07) is -16.5. The summed E-state index contributed by atoms with van der Waals surface area (Å²) in [6.45, 7) is 29.1. The topological polar surface area (TPSA) is 598 Å². The fourth-order valence-corrected chi connectivity index (χ4v) is 14.5. The van der Waals surface area contributed by atoms with E-state index in [-0.39, 0.29) is 164 Å². The molecule has 696 valence electrons. The molecule has 0 aromatic carbocycles. The van der Waals surface area contributed by atoms with Gasteiger partial charge in [-0.15, -0.1) is 0 Å². The largest absolute Gasteiger partial charge is 0.368 e. The number of rotatable bonds is 65. The minimum Gasteiger partial charge on any atom is -0.368 e. The molecule has 0 aromatic heterocycles. The molecule has 0 aromatic rings. The van der Waals surface area contributed by atoms with Gasteiger partial charge in [-0.25, -0.2) is 0 Å². The normalized spacial score (nSPS) is 16.1. The third-order valence-corrected chi connectivity index (χ3v) is 20.8. The quantitative estimate of drug-likeness (QED) is 0.0376. The van der Waals surface area contributed by atoms with Crippen molar-refractivity contribution in [2.75, 3.05) is 45.8 Å². The molecular formula is C85H161N21O15. The van der Waals surface area contributed by atoms with Crippen LogP contribution in [0, 0.1) is 41.4 Å². The van der Waals surface area contributed by atoms with E-state index in [4.69, 9.17) is 40.1 Å². The number of nitrogens with zero attached hydrogens (tertiary/aromatic N) is 1. The molecule has 14 atom stereocenters. The van der Waals surface area contributed by atoms with Crippen molar-refractivity contribution in [1.29, 1.82) is 0 Å². The van der Waals surface area contributed by atoms with Crippen molar-refractivity contribution in [3.63, 3.8) is 0 Å². The molecule has 1 aliphatic rings. The average Bonchev–Trinajstić information content (AvgIpc) is 1.71. The van der Waals surface area contributed by atoms with E-state index in [1.54, 1.807) is 0 Å². The minimum atomic E-state index is -1.31. The molecule has 1 rings (SSSR count). The Kier molecular flexibility index (Phi) is 56.0. The van der Waals surface area contributed by atoms with E-state index in [1.807, 2.05) is 96.9 Å². The maximum atomic E-state index is 15.1. The van der Waals surface area contributed by atoms with Gasteiger partial charge in [0.15, 0.2) is 0 Å². The van der Waals surface area contributed by atoms with E-state index in [0.29, 0.717) is 96.6 Å². The number of carbonyl (C=O) groups excluding carboxylic acids is 15. The molecule has 36 nitrogen and oxygen atoms in total. The molecule has 1 fully saturated rings. The highest BCUT2D eigenvalue weighted by Gasteiger charge is 2.42. The van der Waals surface area contributed by atoms with Gasteiger partial charge in [0.2, 0.25) is 88.6 Å². The number of hydrogen-bond acceptors (Lipinski definition) is 21. The second-order valence-electron chi connectivity index (χ2n) is 35.7. The Balaban J connectivity index is 3.74. The fourth-order valence-electron chi connectivity index (χ4n) is 14.5. The lowest BCUT2D eigenvalue weighted by Gasteiger charge is -2.32. The number of amides is 15. The monoisotopic (exact) mass is 1720 g/mol. The van der Waals surface area contributed by atoms with Crippen LogP contribution in [0.15, 0.2) is 0 Å². The molecular weight excluding hydrogens is 1560 g/mol. The van der Waals surface area contributed by atoms with Crippen molar-refractivity contribution in [1.82, 2.24) is 74.0 Å². The van der Waals surface area contributed by atoms with Gasteiger partial charge in [0.1, 0.15) is 84.6 Å². The summed E-state index contributed by atoms with van der Waals surface area (Å²) in [5.41, 5.74) is 40.7. The Morgan fingerprint density at radius 1 is 0.264 bits per heavy atom. The van der Waals surface area contributed by atoms with Crippen LogP contribution >= 0.6 is 0 Å². The van der Waals surface area contributed by atoms with Crippen molar-refractivity contribution < 1.29 is 71.9 Å². The van der Waals surface area contributed by atoms with Gasteiger partial charge in [-0.2, -0.15) is 0 Å². The first-order chi connectivity index (χ1) is 57.1. The molecule has 36 heteroatoms. The molecule has 27 N–H and O–H groups in total. The van der Waals surface area contributed by atoms with Gasteiger partial charge in [0.05, 0.1) is 0 Å². The number of hydrogen-bond donors (Lipinski definition) is 20. The van der Waals surface area contributed by atoms with Crippen LogP contribution in [-0.2, 0) is 71.9 Å². The van der Waals surface area contributed by atoms with Gasteiger partial charge in [-0.05, 0) is 254 Å². The Morgan fingerprint density at radius 3 is 0.678 bits per heavy atom. The summed E-state index contributed by atoms with van der Waals surface area (Å²) in [5.74, 6) is -11.2. The van der Waals surface area contributed by atoms with E-state index >= 15 is 4.79 Å². The van der Waals surface area contributed by atoms with Crippen molar-refractivity contribution in [3.05, 3.63) is 0 Å². The number of carbonyl (C=O) groups is 15. The lowest BCUT2D eigenvalue weighted by Crippen LogP contribution is -2.61. The first kappa shape index (κ1) is 111. The van der Waals surface area contributed by atoms with Crippen LogP contribution in [0.25, 0.3) is 0 Å². The van der Waals surface area contributed by atoms with Crippen molar-refractivity contribution in [3.8, 4) is 0 Å². The summed E-state index contributed by atoms with van der Waals surface area (Å²) in [5, 5.41) is 36.6. The highest BCUT2D eigenvalue weighted by atomic mass is 16.2. The zero-order valence-corrected chi connectivity index (χ0v) is 75.8. The second-order valence-corrected chi connectivity index (χ2v) is 35.7. The number of unbranched alkanes of at least 4 members (excludes halogenated alkanes) is 6. The summed E-state index contributed by atoms with van der Waals surface area (Å²) in [6.07, 6.45) is 7.79. The van der Waals surface area contributed by atoms with Gasteiger partial charge < -0.3 is 114 Å². The van der Waals surface area contributed by atoms with Crippen molar-refractivity contribution in [2.45, 2.75) is 362 Å². The first-order valence-electron chi connectivity index (χ1n) is 44.8. The molecule has 1 saturated heterocycles. The maximum absolute atomic E-state index is 15.1. The van der Waals surface area contributed by atoms with Crippen molar-refractivity contribution >= 4 is 88.6 Å². The predicted octanol–water partition coefficient (Wildman–Crippen LogP) is 0.882. The average molecular weight is 1720 g/mol. The smallest absolute Gasteiger partial charge is 0.245 e. The van der Waals surface area contributed by atoms with Gasteiger partial charge in [0.25, 0.3) is 0 Å². The number of primary amides is 1. The van der Waals surface area contributed by atoms with Gasteiger partial charge in [-0.1, -0.05) is 96.9 Å². The Morgan fingerprint density at radius 2 is 0.455 bits per heavy atom. The molecule has 0 bridgehead atoms. The zero-order valence-electron chi connectivity index (χ0n) is 75.8. The minimum absolute atomic E-state index is 0.0395. The van der Waals surface area contributed by atoms with E-state index in [9.17, 15) is 67.1 Å². The SMILES string of the molecule is CC(=O)N[C@@H](CCCCN)C(=O)N[C@@H](CC(C)C)C(=O)N[C@@H](CC(C)C)C(=O)N[C@@H](CCCCN)C(=O)N[C@@H](CC(C)C)C(=O)N[C@@H](CC(C)C)C(=O)N[C@@H](CCCCN)C(=O)N[C@@H](CCCCN)C(=O)N[C@@H](CC(C)C)C(=O)N1CCC[C@H]1C(=O)N[C@@H](CCCCN)C(=O)N[C@@H](CC(C)C)C(=O)N[C@@H](CC(C)C)C(=O)N[C@@H](CCCCN)C(N)=O. The number of likely N-dealkylation sites (tertiary alicyclic amines) is 1. The summed E-state index contributed by atoms with van der Waals surface area (Å²) in [7, 11) is 0. The molecule has 0 unspecified atom stereocenters. The predicted molar refractivity (Wildman–Crippen MR) is 468 cm³/mol. The van der Waals surface area contributed by atoms with Crippen LogP contribution < -0.4 is 109 Å². The molecule has 0 radical (unpaired) electrons. The van der Waals surface area contributed by atoms with Crippen molar-refractivity contribution in [2.24, 2.45) is 81.6 Å². The Labute approximate surface area is 720 Å². The van der Waals surface area contributed by atoms with Crippen LogP contribution in [0.3, 0.4) is 0 Å². The van der Waals surface area contributed by atoms with Gasteiger partial charge in [-0.3, -0.25) is 71.9 Å². The molecule has 1 heterocycles. The summed E-state index contributed by atoms with van der Waals surface area (Å²) in [4.78, 5) is 215. The molecule has 121 heavy (non-hydrogen) atoms. The molecule has 1 aliphatic heterocycles. The fraction of sp³-hybridized carbons (Fsp3) is 0.824. The van der Waals surface area contributed by atoms with Crippen LogP contribution in [-0.4, -0.2) is 224 Å². The third kappa shape index (κ3) is 45.7. The number of nitrogens with two attached hydrogens (primary N) is 7. The van der Waals surface area contributed by atoms with Gasteiger partial charge in [0, 0.05) is 13.5 Å². The van der Waals surface area contributed by atoms with Crippen LogP contribution in [0.5, 0.6) is 0 Å². The van der Waals surface area contributed by atoms with E-state index in [2.05, 4.69) is 69.1 Å². The van der Waals surface area contributed by atoms with E-state index in [1.165, 1.54) is 11.8 Å². The number of nitrogens with one attached hydrogen (secondary N) is 13. The van der Waals surface area contributed by atoms with Crippen LogP contribution in [0.1, 0.15) is 277 Å². The summed E-state index contributed by atoms with van der Waals surface area (Å²) < 4.78 is 0. The van der Waals surface area contributed by atoms with Gasteiger partial charge >= 0.3 is 0 Å². The molecule has 15 amide bonds. The Hall–Kier alpha value is -8.19. The highest BCUT2D eigenvalue weighted by Crippen LogP contribution is 2.23. The molecule has 0 spiro atoms. The Bertz CT molecular complexity index is 3180. The third-order valence-electron chi connectivity index (χ3n) is 20.8. The lowest BCUT2D eigenvalue weighted by molar-refractivity contribution is -0.143. The zero-order chi connectivity index (χ0) is 91.6. The van der Waals surface area contributed by atoms with E-state index in [0.717, 1.165) is 0 Å². The highest BCUT2D eigenvalue weighted by molar-refractivity contribution is 6.00.